The van der Waals surface area contributed by atoms with Crippen LogP contribution in [0.1, 0.15) is 29.7 Å². The molecule has 1 aliphatic heterocycles. The summed E-state index contributed by atoms with van der Waals surface area (Å²) in [5, 5.41) is 6.38. The molecule has 1 unspecified atom stereocenters. The molecule has 0 radical (unpaired) electrons. The quantitative estimate of drug-likeness (QED) is 0.909. The second-order valence-corrected chi connectivity index (χ2v) is 5.05. The highest BCUT2D eigenvalue weighted by Gasteiger charge is 2.31. The predicted molar refractivity (Wildman–Crippen MR) is 77.2 cm³/mol. The molecule has 0 saturated carbocycles. The third kappa shape index (κ3) is 1.78. The summed E-state index contributed by atoms with van der Waals surface area (Å²) in [7, 11) is 1.69. The van der Waals surface area contributed by atoms with E-state index in [2.05, 4.69) is 28.1 Å². The van der Waals surface area contributed by atoms with Gasteiger partial charge in [0.2, 0.25) is 0 Å². The first-order valence-electron chi connectivity index (χ1n) is 6.60. The molecular weight excluding hydrogens is 254 g/mol. The molecule has 0 aliphatic carbocycles. The summed E-state index contributed by atoms with van der Waals surface area (Å²) in [6.45, 7) is 4.71. The minimum Gasteiger partial charge on any atom is -0.496 e. The number of anilines is 1. The van der Waals surface area contributed by atoms with Gasteiger partial charge in [0, 0.05) is 17.7 Å². The summed E-state index contributed by atoms with van der Waals surface area (Å²) >= 11 is 0. The van der Waals surface area contributed by atoms with Crippen LogP contribution in [0.15, 0.2) is 29.2 Å². The van der Waals surface area contributed by atoms with Crippen molar-refractivity contribution >= 4 is 5.69 Å². The molecule has 1 aromatic carbocycles. The molecule has 5 nitrogen and oxygen atoms in total. The van der Waals surface area contributed by atoms with Crippen LogP contribution in [0.5, 0.6) is 5.75 Å². The molecule has 2 heterocycles. The van der Waals surface area contributed by atoms with E-state index < -0.39 is 0 Å². The zero-order chi connectivity index (χ0) is 14.3. The Labute approximate surface area is 117 Å². The molecule has 5 heteroatoms. The van der Waals surface area contributed by atoms with Gasteiger partial charge in [0.25, 0.3) is 5.56 Å². The molecule has 0 spiro atoms. The van der Waals surface area contributed by atoms with Crippen molar-refractivity contribution in [3.8, 4) is 5.75 Å². The van der Waals surface area contributed by atoms with Gasteiger partial charge in [0.1, 0.15) is 5.75 Å². The summed E-state index contributed by atoms with van der Waals surface area (Å²) in [6.07, 6.45) is 1.71. The van der Waals surface area contributed by atoms with Gasteiger partial charge in [-0.2, -0.15) is 5.10 Å². The van der Waals surface area contributed by atoms with Crippen molar-refractivity contribution in [1.29, 1.82) is 0 Å². The molecule has 104 valence electrons. The summed E-state index contributed by atoms with van der Waals surface area (Å²) in [5.74, 6) is 0.896. The topological polar surface area (TPSA) is 58.2 Å². The average Bonchev–Trinajstić information content (AvgIpc) is 2.79. The van der Waals surface area contributed by atoms with E-state index in [9.17, 15) is 4.79 Å². The second kappa shape index (κ2) is 4.67. The minimum absolute atomic E-state index is 0.141. The van der Waals surface area contributed by atoms with Gasteiger partial charge in [-0.15, -0.1) is 0 Å². The first kappa shape index (κ1) is 12.7. The second-order valence-electron chi connectivity index (χ2n) is 5.05. The van der Waals surface area contributed by atoms with Crippen molar-refractivity contribution in [3.63, 3.8) is 0 Å². The molecule has 1 atom stereocenters. The fourth-order valence-corrected chi connectivity index (χ4v) is 2.89. The van der Waals surface area contributed by atoms with Gasteiger partial charge in [-0.05, 0) is 25.5 Å². The third-order valence-electron chi connectivity index (χ3n) is 3.99. The van der Waals surface area contributed by atoms with E-state index in [0.717, 1.165) is 18.0 Å². The summed E-state index contributed by atoms with van der Waals surface area (Å²) in [5.41, 5.74) is 3.85. The molecule has 0 amide bonds. The number of nitrogens with one attached hydrogen (secondary N) is 1. The summed E-state index contributed by atoms with van der Waals surface area (Å²) in [6, 6.07) is 6.23. The zero-order valence-corrected chi connectivity index (χ0v) is 11.8. The van der Waals surface area contributed by atoms with E-state index in [1.807, 2.05) is 19.1 Å². The average molecular weight is 271 g/mol. The molecule has 1 N–H and O–H groups in total. The lowest BCUT2D eigenvalue weighted by molar-refractivity contribution is 0.407. The van der Waals surface area contributed by atoms with E-state index in [0.29, 0.717) is 5.56 Å². The Balaban J connectivity index is 2.08. The molecule has 2 aromatic rings. The first-order chi connectivity index (χ1) is 9.63. The normalized spacial score (nSPS) is 17.1. The lowest BCUT2D eigenvalue weighted by Gasteiger charge is -2.25. The fraction of sp³-hybridized carbons (Fsp3) is 0.333. The number of H-pyrrole nitrogens is 1. The first-order valence-corrected chi connectivity index (χ1v) is 6.60. The molecular formula is C15H17N3O2. The van der Waals surface area contributed by atoms with E-state index in [-0.39, 0.29) is 11.6 Å². The van der Waals surface area contributed by atoms with Gasteiger partial charge in [0.05, 0.1) is 25.0 Å². The van der Waals surface area contributed by atoms with Crippen LogP contribution in [0.4, 0.5) is 5.69 Å². The van der Waals surface area contributed by atoms with Crippen LogP contribution < -0.4 is 15.2 Å². The van der Waals surface area contributed by atoms with Crippen LogP contribution in [-0.2, 0) is 6.54 Å². The molecule has 1 aromatic heterocycles. The van der Waals surface area contributed by atoms with Gasteiger partial charge in [-0.25, -0.2) is 5.10 Å². The van der Waals surface area contributed by atoms with E-state index in [1.54, 1.807) is 13.3 Å². The van der Waals surface area contributed by atoms with Gasteiger partial charge in [0.15, 0.2) is 0 Å². The van der Waals surface area contributed by atoms with E-state index in [1.165, 1.54) is 11.1 Å². The molecule has 0 fully saturated rings. The van der Waals surface area contributed by atoms with Crippen LogP contribution in [0, 0.1) is 6.92 Å². The Hall–Kier alpha value is -2.30. The molecule has 0 bridgehead atoms. The predicted octanol–water partition coefficient (Wildman–Crippen LogP) is 2.17. The number of aromatic amines is 1. The van der Waals surface area contributed by atoms with Crippen LogP contribution in [0.2, 0.25) is 0 Å². The number of fused-ring (bicyclic) bond motifs is 1. The zero-order valence-electron chi connectivity index (χ0n) is 11.8. The highest BCUT2D eigenvalue weighted by molar-refractivity contribution is 5.59. The van der Waals surface area contributed by atoms with Crippen molar-refractivity contribution in [2.24, 2.45) is 0 Å². The van der Waals surface area contributed by atoms with Gasteiger partial charge >= 0.3 is 0 Å². The molecule has 0 saturated heterocycles. The Morgan fingerprint density at radius 2 is 2.25 bits per heavy atom. The van der Waals surface area contributed by atoms with Crippen molar-refractivity contribution in [3.05, 3.63) is 51.4 Å². The number of methoxy groups -OCH3 is 1. The maximum absolute atomic E-state index is 11.7. The lowest BCUT2D eigenvalue weighted by Crippen LogP contribution is -2.24. The number of hydrogen-bond donors (Lipinski definition) is 1. The standard InChI is InChI=1S/C15H17N3O2/c1-9-12(7-16-17-15(9)19)18-8-11-5-4-6-13(20-3)14(11)10(18)2/h4-7,10H,8H2,1-3H3,(H,17,19). The summed E-state index contributed by atoms with van der Waals surface area (Å²) < 4.78 is 5.46. The van der Waals surface area contributed by atoms with Gasteiger partial charge < -0.3 is 9.64 Å². The smallest absolute Gasteiger partial charge is 0.269 e. The molecule has 1 aliphatic rings. The Bertz CT molecular complexity index is 709. The third-order valence-corrected chi connectivity index (χ3v) is 3.99. The fourth-order valence-electron chi connectivity index (χ4n) is 2.89. The van der Waals surface area contributed by atoms with Crippen LogP contribution in [-0.4, -0.2) is 17.3 Å². The van der Waals surface area contributed by atoms with Crippen LogP contribution in [0.3, 0.4) is 0 Å². The number of aromatic nitrogens is 2. The monoisotopic (exact) mass is 271 g/mol. The number of ether oxygens (including phenoxy) is 1. The molecule has 3 rings (SSSR count). The van der Waals surface area contributed by atoms with Crippen molar-refractivity contribution in [2.75, 3.05) is 12.0 Å². The summed E-state index contributed by atoms with van der Waals surface area (Å²) in [4.78, 5) is 13.9. The van der Waals surface area contributed by atoms with Gasteiger partial charge in [-0.1, -0.05) is 12.1 Å². The Morgan fingerprint density at radius 1 is 1.45 bits per heavy atom. The van der Waals surface area contributed by atoms with E-state index >= 15 is 0 Å². The number of hydrogen-bond acceptors (Lipinski definition) is 4. The number of rotatable bonds is 2. The lowest BCUT2D eigenvalue weighted by atomic mass is 10.0. The number of benzene rings is 1. The van der Waals surface area contributed by atoms with E-state index in [4.69, 9.17) is 4.74 Å². The highest BCUT2D eigenvalue weighted by Crippen LogP contribution is 2.41. The van der Waals surface area contributed by atoms with Gasteiger partial charge in [-0.3, -0.25) is 4.79 Å². The Morgan fingerprint density at radius 3 is 3.00 bits per heavy atom. The van der Waals surface area contributed by atoms with Crippen LogP contribution >= 0.6 is 0 Å². The maximum Gasteiger partial charge on any atom is 0.269 e. The highest BCUT2D eigenvalue weighted by atomic mass is 16.5. The number of nitrogens with zero attached hydrogens (tertiary/aromatic N) is 2. The van der Waals surface area contributed by atoms with Crippen molar-refractivity contribution < 1.29 is 4.74 Å². The molecule has 20 heavy (non-hydrogen) atoms. The van der Waals surface area contributed by atoms with Crippen LogP contribution in [0.25, 0.3) is 0 Å². The Kier molecular flexibility index (Phi) is 2.97. The minimum atomic E-state index is -0.141. The SMILES string of the molecule is COc1cccc2c1C(C)N(c1cn[nH]c(=O)c1C)C2. The largest absolute Gasteiger partial charge is 0.496 e. The maximum atomic E-state index is 11.7. The van der Waals surface area contributed by atoms with Crippen molar-refractivity contribution in [2.45, 2.75) is 26.4 Å². The van der Waals surface area contributed by atoms with Crippen molar-refractivity contribution in [1.82, 2.24) is 10.2 Å².